The van der Waals surface area contributed by atoms with E-state index in [0.29, 0.717) is 10.9 Å². The number of nitriles is 1. The molecule has 0 aliphatic rings. The van der Waals surface area contributed by atoms with Crippen LogP contribution in [0.4, 0.5) is 5.69 Å². The minimum absolute atomic E-state index is 0.0584. The van der Waals surface area contributed by atoms with Crippen LogP contribution in [0.2, 0.25) is 5.15 Å². The van der Waals surface area contributed by atoms with Crippen LogP contribution < -0.4 is 10.1 Å². The fraction of sp³-hybridized carbons (Fsp3) is 0.250. The lowest BCUT2D eigenvalue weighted by atomic mass is 10.1. The van der Waals surface area contributed by atoms with Crippen molar-refractivity contribution in [3.63, 3.8) is 0 Å². The van der Waals surface area contributed by atoms with Gasteiger partial charge in [0.05, 0.1) is 11.9 Å². The number of nitrogens with zero attached hydrogens (tertiary/aromatic N) is 2. The second kappa shape index (κ2) is 6.96. The van der Waals surface area contributed by atoms with Gasteiger partial charge in [-0.3, -0.25) is 0 Å². The predicted molar refractivity (Wildman–Crippen MR) is 83.6 cm³/mol. The molecule has 2 rings (SSSR count). The van der Waals surface area contributed by atoms with Crippen LogP contribution in [0.25, 0.3) is 0 Å². The van der Waals surface area contributed by atoms with E-state index < -0.39 is 0 Å². The summed E-state index contributed by atoms with van der Waals surface area (Å²) in [6, 6.07) is 11.7. The van der Waals surface area contributed by atoms with Crippen LogP contribution in [0.15, 0.2) is 36.5 Å². The maximum absolute atomic E-state index is 8.48. The van der Waals surface area contributed by atoms with E-state index in [9.17, 15) is 0 Å². The molecule has 4 nitrogen and oxygen atoms in total. The fourth-order valence-electron chi connectivity index (χ4n) is 1.94. The van der Waals surface area contributed by atoms with Crippen molar-refractivity contribution >= 4 is 17.3 Å². The zero-order valence-corrected chi connectivity index (χ0v) is 12.7. The summed E-state index contributed by atoms with van der Waals surface area (Å²) < 4.78 is 5.23. The van der Waals surface area contributed by atoms with Crippen LogP contribution in [0, 0.1) is 18.3 Å². The summed E-state index contributed by atoms with van der Waals surface area (Å²) >= 11 is 5.92. The number of halogens is 1. The van der Waals surface area contributed by atoms with Gasteiger partial charge in [-0.25, -0.2) is 4.98 Å². The quantitative estimate of drug-likeness (QED) is 0.844. The lowest BCUT2D eigenvalue weighted by Crippen LogP contribution is -2.07. The van der Waals surface area contributed by atoms with E-state index in [-0.39, 0.29) is 12.6 Å². The number of pyridine rings is 1. The number of anilines is 1. The second-order valence-electron chi connectivity index (χ2n) is 4.71. The van der Waals surface area contributed by atoms with Crippen molar-refractivity contribution in [2.45, 2.75) is 19.9 Å². The summed E-state index contributed by atoms with van der Waals surface area (Å²) in [7, 11) is 0. The van der Waals surface area contributed by atoms with Gasteiger partial charge in [-0.2, -0.15) is 5.26 Å². The standard InChI is InChI=1S/C16H16ClN3O/c1-11-9-14(10-19-16(11)17)20-12(2)13-3-5-15(6-4-13)21-8-7-18/h3-6,9-10,12,20H,8H2,1-2H3. The molecule has 108 valence electrons. The first-order valence-electron chi connectivity index (χ1n) is 6.58. The van der Waals surface area contributed by atoms with Gasteiger partial charge in [-0.1, -0.05) is 23.7 Å². The maximum atomic E-state index is 8.48. The zero-order chi connectivity index (χ0) is 15.2. The Kier molecular flexibility index (Phi) is 5.02. The number of rotatable bonds is 5. The molecule has 0 fully saturated rings. The molecule has 0 radical (unpaired) electrons. The number of benzene rings is 1. The van der Waals surface area contributed by atoms with Crippen molar-refractivity contribution in [3.8, 4) is 11.8 Å². The van der Waals surface area contributed by atoms with Gasteiger partial charge in [-0.15, -0.1) is 0 Å². The molecule has 1 N–H and O–H groups in total. The van der Waals surface area contributed by atoms with Crippen molar-refractivity contribution in [2.75, 3.05) is 11.9 Å². The molecule has 0 amide bonds. The van der Waals surface area contributed by atoms with E-state index in [4.69, 9.17) is 21.6 Å². The summed E-state index contributed by atoms with van der Waals surface area (Å²) in [5.74, 6) is 0.691. The number of nitrogens with one attached hydrogen (secondary N) is 1. The maximum Gasteiger partial charge on any atom is 0.174 e. The Labute approximate surface area is 129 Å². The first kappa shape index (κ1) is 15.1. The third kappa shape index (κ3) is 4.11. The molecule has 0 saturated heterocycles. The molecule has 5 heteroatoms. The molecule has 0 aliphatic heterocycles. The molecular formula is C16H16ClN3O. The summed E-state index contributed by atoms with van der Waals surface area (Å²) in [5.41, 5.74) is 2.98. The highest BCUT2D eigenvalue weighted by Gasteiger charge is 2.07. The highest BCUT2D eigenvalue weighted by atomic mass is 35.5. The number of ether oxygens (including phenoxy) is 1. The third-order valence-electron chi connectivity index (χ3n) is 3.08. The van der Waals surface area contributed by atoms with Crippen molar-refractivity contribution in [2.24, 2.45) is 0 Å². The average molecular weight is 302 g/mol. The molecule has 0 bridgehead atoms. The van der Waals surface area contributed by atoms with Crippen LogP contribution >= 0.6 is 11.6 Å². The van der Waals surface area contributed by atoms with Crippen molar-refractivity contribution < 1.29 is 4.74 Å². The van der Waals surface area contributed by atoms with E-state index in [2.05, 4.69) is 17.2 Å². The molecule has 1 atom stereocenters. The molecule has 0 aliphatic carbocycles. The monoisotopic (exact) mass is 301 g/mol. The number of aromatic nitrogens is 1. The summed E-state index contributed by atoms with van der Waals surface area (Å²) in [6.45, 7) is 4.05. The molecular weight excluding hydrogens is 286 g/mol. The van der Waals surface area contributed by atoms with Gasteiger partial charge in [0, 0.05) is 6.04 Å². The fourth-order valence-corrected chi connectivity index (χ4v) is 2.04. The van der Waals surface area contributed by atoms with Crippen molar-refractivity contribution in [1.29, 1.82) is 5.26 Å². The van der Waals surface area contributed by atoms with Gasteiger partial charge in [0.2, 0.25) is 0 Å². The normalized spacial score (nSPS) is 11.5. The Balaban J connectivity index is 2.04. The van der Waals surface area contributed by atoms with Gasteiger partial charge < -0.3 is 10.1 Å². The summed E-state index contributed by atoms with van der Waals surface area (Å²) in [6.07, 6.45) is 1.72. The molecule has 1 heterocycles. The van der Waals surface area contributed by atoms with Gasteiger partial charge >= 0.3 is 0 Å². The van der Waals surface area contributed by atoms with Gasteiger partial charge in [-0.05, 0) is 43.2 Å². The van der Waals surface area contributed by atoms with Crippen molar-refractivity contribution in [1.82, 2.24) is 4.98 Å². The zero-order valence-electron chi connectivity index (χ0n) is 11.9. The van der Waals surface area contributed by atoms with E-state index in [1.54, 1.807) is 6.20 Å². The average Bonchev–Trinajstić information content (AvgIpc) is 2.49. The largest absolute Gasteiger partial charge is 0.479 e. The first-order valence-corrected chi connectivity index (χ1v) is 6.96. The number of aryl methyl sites for hydroxylation is 1. The van der Waals surface area contributed by atoms with Gasteiger partial charge in [0.15, 0.2) is 6.61 Å². The Morgan fingerprint density at radius 2 is 2.10 bits per heavy atom. The smallest absolute Gasteiger partial charge is 0.174 e. The Hall–Kier alpha value is -2.25. The van der Waals surface area contributed by atoms with Crippen LogP contribution in [0.1, 0.15) is 24.1 Å². The van der Waals surface area contributed by atoms with E-state index in [1.807, 2.05) is 43.3 Å². The first-order chi connectivity index (χ1) is 10.1. The Morgan fingerprint density at radius 3 is 2.71 bits per heavy atom. The summed E-state index contributed by atoms with van der Waals surface area (Å²) in [4.78, 5) is 4.13. The lowest BCUT2D eigenvalue weighted by molar-refractivity contribution is 0.368. The SMILES string of the molecule is Cc1cc(NC(C)c2ccc(OCC#N)cc2)cnc1Cl. The van der Waals surface area contributed by atoms with Crippen molar-refractivity contribution in [3.05, 3.63) is 52.8 Å². The Bertz CT molecular complexity index is 650. The molecule has 1 aromatic heterocycles. The second-order valence-corrected chi connectivity index (χ2v) is 5.07. The minimum atomic E-state index is 0.0584. The highest BCUT2D eigenvalue weighted by molar-refractivity contribution is 6.30. The molecule has 0 saturated carbocycles. The number of hydrogen-bond acceptors (Lipinski definition) is 4. The molecule has 1 unspecified atom stereocenters. The van der Waals surface area contributed by atoms with E-state index >= 15 is 0 Å². The molecule has 1 aromatic carbocycles. The molecule has 2 aromatic rings. The van der Waals surface area contributed by atoms with Crippen LogP contribution in [-0.4, -0.2) is 11.6 Å². The van der Waals surface area contributed by atoms with Crippen LogP contribution in [-0.2, 0) is 0 Å². The lowest BCUT2D eigenvalue weighted by Gasteiger charge is -2.16. The minimum Gasteiger partial charge on any atom is -0.479 e. The predicted octanol–water partition coefficient (Wildman–Crippen LogP) is 4.12. The van der Waals surface area contributed by atoms with Gasteiger partial charge in [0.1, 0.15) is 17.0 Å². The van der Waals surface area contributed by atoms with Gasteiger partial charge in [0.25, 0.3) is 0 Å². The number of hydrogen-bond donors (Lipinski definition) is 1. The Morgan fingerprint density at radius 1 is 1.38 bits per heavy atom. The topological polar surface area (TPSA) is 57.9 Å². The third-order valence-corrected chi connectivity index (χ3v) is 3.48. The van der Waals surface area contributed by atoms with Crippen LogP contribution in [0.3, 0.4) is 0 Å². The highest BCUT2D eigenvalue weighted by Crippen LogP contribution is 2.23. The summed E-state index contributed by atoms with van der Waals surface area (Å²) in [5, 5.41) is 12.4. The molecule has 21 heavy (non-hydrogen) atoms. The molecule has 0 spiro atoms. The van der Waals surface area contributed by atoms with E-state index in [1.165, 1.54) is 0 Å². The van der Waals surface area contributed by atoms with E-state index in [0.717, 1.165) is 16.8 Å². The van der Waals surface area contributed by atoms with Crippen LogP contribution in [0.5, 0.6) is 5.75 Å².